The van der Waals surface area contributed by atoms with Crippen molar-refractivity contribution in [2.24, 2.45) is 7.05 Å². The molecule has 21 heavy (non-hydrogen) atoms. The summed E-state index contributed by atoms with van der Waals surface area (Å²) in [5, 5.41) is 14.0. The van der Waals surface area contributed by atoms with Crippen LogP contribution in [0.2, 0.25) is 0 Å². The molecule has 0 saturated carbocycles. The average molecular weight is 330 g/mol. The van der Waals surface area contributed by atoms with Gasteiger partial charge in [0.2, 0.25) is 0 Å². The molecule has 1 aliphatic heterocycles. The van der Waals surface area contributed by atoms with E-state index in [1.54, 1.807) is 0 Å². The minimum absolute atomic E-state index is 0. The van der Waals surface area contributed by atoms with E-state index in [-0.39, 0.29) is 24.8 Å². The number of nitrogens with one attached hydrogen (secondary N) is 1. The molecule has 0 spiro atoms. The van der Waals surface area contributed by atoms with Gasteiger partial charge in [-0.25, -0.2) is 4.98 Å². The largest absolute Gasteiger partial charge is 0.382 e. The average Bonchev–Trinajstić information content (AvgIpc) is 2.84. The molecular weight excluding hydrogens is 309 g/mol. The zero-order valence-electron chi connectivity index (χ0n) is 12.0. The molecule has 6 heteroatoms. The quantitative estimate of drug-likeness (QED) is 0.890. The van der Waals surface area contributed by atoms with Crippen LogP contribution in [0, 0.1) is 0 Å². The summed E-state index contributed by atoms with van der Waals surface area (Å²) >= 11 is 0. The number of halogens is 2. The van der Waals surface area contributed by atoms with Crippen LogP contribution in [-0.4, -0.2) is 27.7 Å². The van der Waals surface area contributed by atoms with E-state index in [4.69, 9.17) is 0 Å². The van der Waals surface area contributed by atoms with Gasteiger partial charge in [0, 0.05) is 18.8 Å². The van der Waals surface area contributed by atoms with Gasteiger partial charge in [-0.15, -0.1) is 24.8 Å². The standard InChI is InChI=1S/C15H19N3O.2ClH/c1-18-11-13(12-5-3-2-4-6-12)17-14(18)15(19)7-9-16-10-8-15;;/h2-6,11,16,19H,7-10H2,1H3;2*1H. The Bertz CT molecular complexity index is 566. The van der Waals surface area contributed by atoms with E-state index < -0.39 is 5.60 Å². The number of hydrogen-bond donors (Lipinski definition) is 2. The first-order valence-electron chi connectivity index (χ1n) is 6.71. The molecule has 1 aromatic carbocycles. The van der Waals surface area contributed by atoms with Crippen LogP contribution in [0.1, 0.15) is 18.7 Å². The molecule has 4 nitrogen and oxygen atoms in total. The highest BCUT2D eigenvalue weighted by molar-refractivity contribution is 5.85. The Morgan fingerprint density at radius 3 is 2.38 bits per heavy atom. The molecule has 2 heterocycles. The molecule has 2 N–H and O–H groups in total. The minimum Gasteiger partial charge on any atom is -0.382 e. The molecule has 1 aromatic heterocycles. The van der Waals surface area contributed by atoms with E-state index in [2.05, 4.69) is 10.3 Å². The lowest BCUT2D eigenvalue weighted by atomic mass is 9.91. The Kier molecular flexibility index (Phi) is 6.23. The maximum atomic E-state index is 10.8. The van der Waals surface area contributed by atoms with E-state index >= 15 is 0 Å². The van der Waals surface area contributed by atoms with Crippen LogP contribution in [-0.2, 0) is 12.6 Å². The first kappa shape index (κ1) is 18.0. The Labute approximate surface area is 137 Å². The highest BCUT2D eigenvalue weighted by Gasteiger charge is 2.35. The molecular formula is C15H21Cl2N3O. The number of piperidine rings is 1. The maximum Gasteiger partial charge on any atom is 0.141 e. The lowest BCUT2D eigenvalue weighted by Gasteiger charge is -2.31. The van der Waals surface area contributed by atoms with Crippen molar-refractivity contribution in [1.29, 1.82) is 0 Å². The summed E-state index contributed by atoms with van der Waals surface area (Å²) in [6.45, 7) is 1.67. The van der Waals surface area contributed by atoms with Gasteiger partial charge in [-0.05, 0) is 25.9 Å². The molecule has 0 atom stereocenters. The van der Waals surface area contributed by atoms with Crippen molar-refractivity contribution in [3.8, 4) is 11.3 Å². The summed E-state index contributed by atoms with van der Waals surface area (Å²) in [6, 6.07) is 10.1. The van der Waals surface area contributed by atoms with Crippen LogP contribution in [0.15, 0.2) is 36.5 Å². The molecule has 0 aliphatic carbocycles. The van der Waals surface area contributed by atoms with E-state index in [1.807, 2.05) is 48.1 Å². The summed E-state index contributed by atoms with van der Waals surface area (Å²) in [5.74, 6) is 0.771. The fourth-order valence-electron chi connectivity index (χ4n) is 2.71. The summed E-state index contributed by atoms with van der Waals surface area (Å²) in [7, 11) is 1.95. The molecule has 1 saturated heterocycles. The third-order valence-electron chi connectivity index (χ3n) is 3.79. The molecule has 0 amide bonds. The molecule has 0 bridgehead atoms. The lowest BCUT2D eigenvalue weighted by molar-refractivity contribution is -0.00475. The van der Waals surface area contributed by atoms with Crippen molar-refractivity contribution in [3.63, 3.8) is 0 Å². The van der Waals surface area contributed by atoms with Gasteiger partial charge in [0.25, 0.3) is 0 Å². The zero-order chi connectivity index (χ0) is 13.3. The number of aliphatic hydroxyl groups is 1. The highest BCUT2D eigenvalue weighted by Crippen LogP contribution is 2.31. The van der Waals surface area contributed by atoms with Crippen LogP contribution < -0.4 is 5.32 Å². The molecule has 1 aliphatic rings. The van der Waals surface area contributed by atoms with E-state index in [0.29, 0.717) is 12.8 Å². The number of nitrogens with zero attached hydrogens (tertiary/aromatic N) is 2. The van der Waals surface area contributed by atoms with E-state index in [0.717, 1.165) is 30.2 Å². The predicted octanol–water partition coefficient (Wildman–Crippen LogP) is 2.50. The molecule has 116 valence electrons. The number of hydrogen-bond acceptors (Lipinski definition) is 3. The monoisotopic (exact) mass is 329 g/mol. The first-order chi connectivity index (χ1) is 9.19. The van der Waals surface area contributed by atoms with Crippen molar-refractivity contribution < 1.29 is 5.11 Å². The SMILES string of the molecule is Cl.Cl.Cn1cc(-c2ccccc2)nc1C1(O)CCNCC1. The lowest BCUT2D eigenvalue weighted by Crippen LogP contribution is -2.41. The highest BCUT2D eigenvalue weighted by atomic mass is 35.5. The molecule has 0 radical (unpaired) electrons. The van der Waals surface area contributed by atoms with Crippen LogP contribution in [0.3, 0.4) is 0 Å². The van der Waals surface area contributed by atoms with Gasteiger partial charge in [0.15, 0.2) is 0 Å². The zero-order valence-corrected chi connectivity index (χ0v) is 13.6. The van der Waals surface area contributed by atoms with Crippen LogP contribution >= 0.6 is 24.8 Å². The van der Waals surface area contributed by atoms with Crippen molar-refractivity contribution in [1.82, 2.24) is 14.9 Å². The Morgan fingerprint density at radius 2 is 1.76 bits per heavy atom. The van der Waals surface area contributed by atoms with Gasteiger partial charge >= 0.3 is 0 Å². The molecule has 2 aromatic rings. The minimum atomic E-state index is -0.799. The maximum absolute atomic E-state index is 10.8. The smallest absolute Gasteiger partial charge is 0.141 e. The van der Waals surface area contributed by atoms with Gasteiger partial charge in [0.1, 0.15) is 11.4 Å². The number of aryl methyl sites for hydroxylation is 1. The summed E-state index contributed by atoms with van der Waals surface area (Å²) in [4.78, 5) is 4.66. The molecule has 3 rings (SSSR count). The molecule has 1 fully saturated rings. The summed E-state index contributed by atoms with van der Waals surface area (Å²) in [5.41, 5.74) is 1.21. The van der Waals surface area contributed by atoms with Gasteiger partial charge < -0.3 is 15.0 Å². The number of imidazole rings is 1. The predicted molar refractivity (Wildman–Crippen MR) is 89.1 cm³/mol. The Morgan fingerprint density at radius 1 is 1.14 bits per heavy atom. The van der Waals surface area contributed by atoms with E-state index in [9.17, 15) is 5.11 Å². The third-order valence-corrected chi connectivity index (χ3v) is 3.79. The normalized spacial score (nSPS) is 16.7. The fourth-order valence-corrected chi connectivity index (χ4v) is 2.71. The number of rotatable bonds is 2. The second-order valence-corrected chi connectivity index (χ2v) is 5.21. The fraction of sp³-hybridized carbons (Fsp3) is 0.400. The van der Waals surface area contributed by atoms with Crippen LogP contribution in [0.5, 0.6) is 0 Å². The van der Waals surface area contributed by atoms with E-state index in [1.165, 1.54) is 0 Å². The number of benzene rings is 1. The first-order valence-corrected chi connectivity index (χ1v) is 6.71. The Balaban J connectivity index is 0.00000110. The third kappa shape index (κ3) is 3.58. The molecule has 0 unspecified atom stereocenters. The second kappa shape index (κ2) is 7.27. The van der Waals surface area contributed by atoms with Crippen molar-refractivity contribution >= 4 is 24.8 Å². The van der Waals surface area contributed by atoms with Gasteiger partial charge in [-0.1, -0.05) is 30.3 Å². The Hall–Kier alpha value is -1.07. The van der Waals surface area contributed by atoms with Gasteiger partial charge in [-0.3, -0.25) is 0 Å². The van der Waals surface area contributed by atoms with Crippen molar-refractivity contribution in [3.05, 3.63) is 42.4 Å². The number of aromatic nitrogens is 2. The summed E-state index contributed by atoms with van der Waals surface area (Å²) < 4.78 is 1.95. The second-order valence-electron chi connectivity index (χ2n) is 5.21. The van der Waals surface area contributed by atoms with Crippen molar-refractivity contribution in [2.75, 3.05) is 13.1 Å². The topological polar surface area (TPSA) is 50.1 Å². The van der Waals surface area contributed by atoms with Crippen LogP contribution in [0.4, 0.5) is 0 Å². The van der Waals surface area contributed by atoms with Gasteiger partial charge in [0.05, 0.1) is 5.69 Å². The van der Waals surface area contributed by atoms with Crippen LogP contribution in [0.25, 0.3) is 11.3 Å². The van der Waals surface area contributed by atoms with Gasteiger partial charge in [-0.2, -0.15) is 0 Å². The van der Waals surface area contributed by atoms with Crippen molar-refractivity contribution in [2.45, 2.75) is 18.4 Å². The summed E-state index contributed by atoms with van der Waals surface area (Å²) in [6.07, 6.45) is 3.42.